The third-order valence-electron chi connectivity index (χ3n) is 5.91. The zero-order valence-corrected chi connectivity index (χ0v) is 18.2. The maximum atomic E-state index is 12.6. The van der Waals surface area contributed by atoms with Crippen LogP contribution in [0.1, 0.15) is 40.9 Å². The molecule has 2 heterocycles. The van der Waals surface area contributed by atoms with E-state index >= 15 is 0 Å². The van der Waals surface area contributed by atoms with Crippen LogP contribution in [0.25, 0.3) is 0 Å². The van der Waals surface area contributed by atoms with E-state index in [0.29, 0.717) is 26.2 Å². The Labute approximate surface area is 182 Å². The number of piperazine rings is 1. The molecule has 0 saturated carbocycles. The Morgan fingerprint density at radius 1 is 0.968 bits per heavy atom. The Morgan fingerprint density at radius 2 is 1.68 bits per heavy atom. The molecule has 31 heavy (non-hydrogen) atoms. The maximum Gasteiger partial charge on any atom is 0.289 e. The fraction of sp³-hybridized carbons (Fsp3) is 0.455. The van der Waals surface area contributed by atoms with Crippen molar-refractivity contribution < 1.29 is 22.4 Å². The van der Waals surface area contributed by atoms with Gasteiger partial charge in [-0.3, -0.25) is 9.59 Å². The number of carbonyl (C=O) groups is 2. The monoisotopic (exact) mass is 445 g/mol. The highest BCUT2D eigenvalue weighted by Gasteiger charge is 2.26. The van der Waals surface area contributed by atoms with E-state index in [0.717, 1.165) is 31.2 Å². The predicted molar refractivity (Wildman–Crippen MR) is 114 cm³/mol. The van der Waals surface area contributed by atoms with Gasteiger partial charge in [0.1, 0.15) is 0 Å². The molecule has 1 N–H and O–H groups in total. The van der Waals surface area contributed by atoms with Crippen molar-refractivity contribution in [3.8, 4) is 0 Å². The first-order valence-electron chi connectivity index (χ1n) is 10.7. The van der Waals surface area contributed by atoms with Gasteiger partial charge in [0.2, 0.25) is 15.9 Å². The van der Waals surface area contributed by atoms with Crippen LogP contribution < -0.4 is 4.72 Å². The Morgan fingerprint density at radius 3 is 2.39 bits per heavy atom. The quantitative estimate of drug-likeness (QED) is 0.731. The summed E-state index contributed by atoms with van der Waals surface area (Å²) < 4.78 is 32.9. The largest absolute Gasteiger partial charge is 0.459 e. The molecule has 1 aromatic carbocycles. The lowest BCUT2D eigenvalue weighted by molar-refractivity contribution is -0.132. The minimum atomic E-state index is -3.65. The Bertz CT molecular complexity index is 1040. The lowest BCUT2D eigenvalue weighted by atomic mass is 9.92. The maximum absolute atomic E-state index is 12.6. The number of amides is 2. The number of fused-ring (bicyclic) bond motifs is 1. The zero-order chi connectivity index (χ0) is 21.8. The van der Waals surface area contributed by atoms with Gasteiger partial charge in [0, 0.05) is 39.1 Å². The molecule has 0 radical (unpaired) electrons. The molecule has 1 aliphatic carbocycles. The number of benzene rings is 1. The molecule has 2 aliphatic rings. The van der Waals surface area contributed by atoms with Crippen molar-refractivity contribution in [2.45, 2.75) is 37.0 Å². The first kappa shape index (κ1) is 21.6. The number of aryl methyl sites for hydroxylation is 2. The summed E-state index contributed by atoms with van der Waals surface area (Å²) in [7, 11) is -3.65. The fourth-order valence-electron chi connectivity index (χ4n) is 4.13. The molecule has 1 aromatic heterocycles. The van der Waals surface area contributed by atoms with Crippen LogP contribution in [-0.2, 0) is 27.7 Å². The molecule has 0 bridgehead atoms. The van der Waals surface area contributed by atoms with Gasteiger partial charge in [-0.2, -0.15) is 0 Å². The van der Waals surface area contributed by atoms with Crippen molar-refractivity contribution in [2.75, 3.05) is 32.7 Å². The lowest BCUT2D eigenvalue weighted by Gasteiger charge is -2.34. The van der Waals surface area contributed by atoms with Crippen LogP contribution in [0.5, 0.6) is 0 Å². The number of rotatable bonds is 6. The van der Waals surface area contributed by atoms with Gasteiger partial charge in [-0.15, -0.1) is 0 Å². The summed E-state index contributed by atoms with van der Waals surface area (Å²) in [6.45, 7) is 1.73. The van der Waals surface area contributed by atoms with E-state index in [9.17, 15) is 18.0 Å². The van der Waals surface area contributed by atoms with Crippen molar-refractivity contribution in [3.63, 3.8) is 0 Å². The van der Waals surface area contributed by atoms with Crippen LogP contribution in [0.2, 0.25) is 0 Å². The van der Waals surface area contributed by atoms with Crippen LogP contribution in [0.4, 0.5) is 0 Å². The molecule has 9 heteroatoms. The minimum Gasteiger partial charge on any atom is -0.459 e. The van der Waals surface area contributed by atoms with E-state index in [1.54, 1.807) is 34.1 Å². The third kappa shape index (κ3) is 4.99. The molecule has 2 aromatic rings. The molecule has 2 amide bonds. The number of nitrogens with zero attached hydrogens (tertiary/aromatic N) is 2. The minimum absolute atomic E-state index is 0.0454. The van der Waals surface area contributed by atoms with Gasteiger partial charge in [-0.05, 0) is 61.1 Å². The molecule has 1 fully saturated rings. The van der Waals surface area contributed by atoms with Crippen molar-refractivity contribution in [2.24, 2.45) is 0 Å². The van der Waals surface area contributed by atoms with E-state index in [-0.39, 0.29) is 35.4 Å². The van der Waals surface area contributed by atoms with Gasteiger partial charge in [0.25, 0.3) is 5.91 Å². The smallest absolute Gasteiger partial charge is 0.289 e. The van der Waals surface area contributed by atoms with Gasteiger partial charge < -0.3 is 14.2 Å². The van der Waals surface area contributed by atoms with Gasteiger partial charge in [0.05, 0.1) is 11.2 Å². The Balaban J connectivity index is 1.25. The van der Waals surface area contributed by atoms with Crippen molar-refractivity contribution in [3.05, 3.63) is 53.5 Å². The van der Waals surface area contributed by atoms with Gasteiger partial charge in [-0.25, -0.2) is 13.1 Å². The van der Waals surface area contributed by atoms with E-state index in [2.05, 4.69) is 4.72 Å². The third-order valence-corrected chi connectivity index (χ3v) is 7.37. The summed E-state index contributed by atoms with van der Waals surface area (Å²) in [5.74, 6) is -0.0236. The number of carbonyl (C=O) groups excluding carboxylic acids is 2. The zero-order valence-electron chi connectivity index (χ0n) is 17.4. The molecule has 0 spiro atoms. The highest BCUT2D eigenvalue weighted by Crippen LogP contribution is 2.24. The normalized spacial score (nSPS) is 16.8. The molecule has 4 rings (SSSR count). The summed E-state index contributed by atoms with van der Waals surface area (Å²) in [4.78, 5) is 28.4. The van der Waals surface area contributed by atoms with E-state index in [1.165, 1.54) is 11.8 Å². The van der Waals surface area contributed by atoms with Crippen LogP contribution in [0, 0.1) is 0 Å². The number of furan rings is 1. The topological polar surface area (TPSA) is 99.9 Å². The number of hydrogen-bond donors (Lipinski definition) is 1. The predicted octanol–water partition coefficient (Wildman–Crippen LogP) is 1.81. The van der Waals surface area contributed by atoms with Crippen LogP contribution in [0.15, 0.2) is 45.9 Å². The standard InChI is InChI=1S/C22H27N3O5S/c26-21(24-11-13-25(14-12-24)22(27)20-6-3-15-30-20)9-10-23-31(28,29)19-8-7-17-4-1-2-5-18(17)16-19/h3,6-8,15-16,23H,1-2,4-5,9-14H2. The average molecular weight is 446 g/mol. The molecule has 0 atom stereocenters. The second kappa shape index (κ2) is 9.23. The van der Waals surface area contributed by atoms with Crippen LogP contribution in [0.3, 0.4) is 0 Å². The molecule has 166 valence electrons. The molecule has 1 aliphatic heterocycles. The average Bonchev–Trinajstić information content (AvgIpc) is 3.33. The van der Waals surface area contributed by atoms with E-state index < -0.39 is 10.0 Å². The van der Waals surface area contributed by atoms with Gasteiger partial charge >= 0.3 is 0 Å². The molecular weight excluding hydrogens is 418 g/mol. The van der Waals surface area contributed by atoms with Crippen molar-refractivity contribution in [1.82, 2.24) is 14.5 Å². The first-order valence-corrected chi connectivity index (χ1v) is 12.1. The summed E-state index contributed by atoms with van der Waals surface area (Å²) >= 11 is 0. The first-order chi connectivity index (χ1) is 14.9. The molecule has 1 saturated heterocycles. The van der Waals surface area contributed by atoms with Crippen molar-refractivity contribution in [1.29, 1.82) is 0 Å². The van der Waals surface area contributed by atoms with Gasteiger partial charge in [0.15, 0.2) is 5.76 Å². The summed E-state index contributed by atoms with van der Waals surface area (Å²) in [6.07, 6.45) is 5.67. The molecule has 8 nitrogen and oxygen atoms in total. The second-order valence-electron chi connectivity index (χ2n) is 7.94. The van der Waals surface area contributed by atoms with Crippen LogP contribution >= 0.6 is 0 Å². The fourth-order valence-corrected chi connectivity index (χ4v) is 5.21. The van der Waals surface area contributed by atoms with E-state index in [4.69, 9.17) is 4.42 Å². The number of hydrogen-bond acceptors (Lipinski definition) is 5. The highest BCUT2D eigenvalue weighted by atomic mass is 32.2. The van der Waals surface area contributed by atoms with Crippen LogP contribution in [-0.4, -0.2) is 62.8 Å². The van der Waals surface area contributed by atoms with Gasteiger partial charge in [-0.1, -0.05) is 6.07 Å². The highest BCUT2D eigenvalue weighted by molar-refractivity contribution is 7.89. The van der Waals surface area contributed by atoms with E-state index in [1.807, 2.05) is 6.07 Å². The summed E-state index contributed by atoms with van der Waals surface area (Å²) in [5.41, 5.74) is 2.33. The molecule has 0 unspecified atom stereocenters. The number of nitrogens with one attached hydrogen (secondary N) is 1. The Kier molecular flexibility index (Phi) is 6.43. The number of sulfonamides is 1. The Hall–Kier alpha value is -2.65. The summed E-state index contributed by atoms with van der Waals surface area (Å²) in [5, 5.41) is 0. The SMILES string of the molecule is O=C(CCNS(=O)(=O)c1ccc2c(c1)CCCC2)N1CCN(C(=O)c2ccco2)CC1. The summed E-state index contributed by atoms with van der Waals surface area (Å²) in [6, 6.07) is 8.59. The lowest BCUT2D eigenvalue weighted by Crippen LogP contribution is -2.51. The molecular formula is C22H27N3O5S. The second-order valence-corrected chi connectivity index (χ2v) is 9.70. The van der Waals surface area contributed by atoms with Crippen molar-refractivity contribution >= 4 is 21.8 Å².